The number of carboxylic acid groups (broad SMARTS) is 1. The Bertz CT molecular complexity index is 227. The zero-order valence-corrected chi connectivity index (χ0v) is 8.72. The van der Waals surface area contributed by atoms with Gasteiger partial charge in [0.1, 0.15) is 6.04 Å². The monoisotopic (exact) mass is 215 g/mol. The quantitative estimate of drug-likeness (QED) is 0.700. The summed E-state index contributed by atoms with van der Waals surface area (Å²) in [5.74, 6) is -0.791. The summed E-state index contributed by atoms with van der Waals surface area (Å²) in [6, 6.07) is -0.241. The average Bonchev–Trinajstić information content (AvgIpc) is 2.30. The number of hydrogen-bond donors (Lipinski definition) is 1. The highest BCUT2D eigenvalue weighted by Gasteiger charge is 2.34. The summed E-state index contributed by atoms with van der Waals surface area (Å²) >= 11 is 0. The molecule has 0 bridgehead atoms. The smallest absolute Gasteiger partial charge is 0.323 e. The molecule has 0 aromatic heterocycles. The Morgan fingerprint density at radius 3 is 2.73 bits per heavy atom. The number of ether oxygens (including phenoxy) is 2. The minimum atomic E-state index is -0.791. The van der Waals surface area contributed by atoms with Crippen LogP contribution >= 0.6 is 0 Å². The highest BCUT2D eigenvalue weighted by atomic mass is 16.5. The topological polar surface area (TPSA) is 59.0 Å². The third-order valence-corrected chi connectivity index (χ3v) is 3.06. The van der Waals surface area contributed by atoms with Gasteiger partial charge in [0.15, 0.2) is 0 Å². The fourth-order valence-corrected chi connectivity index (χ4v) is 2.25. The predicted molar refractivity (Wildman–Crippen MR) is 52.8 cm³/mol. The van der Waals surface area contributed by atoms with Crippen LogP contribution in [0.2, 0.25) is 0 Å². The first-order valence-corrected chi connectivity index (χ1v) is 5.43. The summed E-state index contributed by atoms with van der Waals surface area (Å²) in [4.78, 5) is 13.1. The van der Waals surface area contributed by atoms with Crippen LogP contribution in [0.4, 0.5) is 0 Å². The largest absolute Gasteiger partial charge is 0.480 e. The molecule has 5 nitrogen and oxygen atoms in total. The number of carboxylic acids is 1. The Kier molecular flexibility index (Phi) is 3.56. The van der Waals surface area contributed by atoms with E-state index in [0.29, 0.717) is 26.4 Å². The van der Waals surface area contributed by atoms with Crippen molar-refractivity contribution in [3.8, 4) is 0 Å². The molecule has 2 unspecified atom stereocenters. The lowest BCUT2D eigenvalue weighted by Gasteiger charge is -2.40. The molecular formula is C10H17NO4. The molecule has 2 fully saturated rings. The normalized spacial score (nSPS) is 33.9. The predicted octanol–water partition coefficient (Wildman–Crippen LogP) is -0.0492. The lowest BCUT2D eigenvalue weighted by molar-refractivity contribution is -0.154. The summed E-state index contributed by atoms with van der Waals surface area (Å²) in [5.41, 5.74) is 0. The van der Waals surface area contributed by atoms with Crippen LogP contribution in [0.3, 0.4) is 0 Å². The van der Waals surface area contributed by atoms with E-state index >= 15 is 0 Å². The molecule has 1 N–H and O–H groups in total. The number of rotatable bonds is 2. The van der Waals surface area contributed by atoms with Gasteiger partial charge in [0.05, 0.1) is 19.8 Å². The van der Waals surface area contributed by atoms with Crippen molar-refractivity contribution >= 4 is 5.97 Å². The van der Waals surface area contributed by atoms with Crippen LogP contribution in [-0.2, 0) is 14.3 Å². The maximum absolute atomic E-state index is 11.0. The Labute approximate surface area is 89.0 Å². The van der Waals surface area contributed by atoms with Crippen LogP contribution < -0.4 is 0 Å². The Balaban J connectivity index is 1.99. The summed E-state index contributed by atoms with van der Waals surface area (Å²) in [7, 11) is 0. The van der Waals surface area contributed by atoms with E-state index in [-0.39, 0.29) is 6.04 Å². The van der Waals surface area contributed by atoms with Crippen molar-refractivity contribution in [1.82, 2.24) is 4.90 Å². The first kappa shape index (κ1) is 10.9. The Hall–Kier alpha value is -0.650. The molecule has 0 radical (unpaired) electrons. The molecule has 2 aliphatic rings. The van der Waals surface area contributed by atoms with E-state index in [1.54, 1.807) is 0 Å². The third kappa shape index (κ3) is 2.48. The molecule has 5 heteroatoms. The van der Waals surface area contributed by atoms with Crippen LogP contribution in [0.5, 0.6) is 0 Å². The van der Waals surface area contributed by atoms with Gasteiger partial charge in [-0.05, 0) is 12.8 Å². The van der Waals surface area contributed by atoms with Gasteiger partial charge in [0, 0.05) is 19.2 Å². The van der Waals surface area contributed by atoms with Crippen LogP contribution in [0.1, 0.15) is 12.8 Å². The molecule has 2 rings (SSSR count). The molecule has 2 heterocycles. The zero-order chi connectivity index (χ0) is 10.7. The third-order valence-electron chi connectivity index (χ3n) is 3.06. The van der Waals surface area contributed by atoms with Crippen molar-refractivity contribution in [3.63, 3.8) is 0 Å². The van der Waals surface area contributed by atoms with Crippen molar-refractivity contribution in [2.45, 2.75) is 24.9 Å². The van der Waals surface area contributed by atoms with Gasteiger partial charge in [-0.3, -0.25) is 9.69 Å². The van der Waals surface area contributed by atoms with Crippen LogP contribution in [0, 0.1) is 0 Å². The molecule has 2 saturated heterocycles. The molecule has 2 atom stereocenters. The highest BCUT2D eigenvalue weighted by molar-refractivity contribution is 5.73. The van der Waals surface area contributed by atoms with Gasteiger partial charge in [0.25, 0.3) is 0 Å². The van der Waals surface area contributed by atoms with Crippen molar-refractivity contribution in [1.29, 1.82) is 0 Å². The molecule has 2 aliphatic heterocycles. The minimum Gasteiger partial charge on any atom is -0.480 e. The summed E-state index contributed by atoms with van der Waals surface area (Å²) in [5, 5.41) is 9.08. The number of morpholine rings is 1. The van der Waals surface area contributed by atoms with E-state index in [9.17, 15) is 4.79 Å². The molecule has 0 aromatic carbocycles. The molecular weight excluding hydrogens is 198 g/mol. The SMILES string of the molecule is O=C(O)C1COCCN1C1CCCOC1. The van der Waals surface area contributed by atoms with Gasteiger partial charge in [0.2, 0.25) is 0 Å². The van der Waals surface area contributed by atoms with Gasteiger partial charge < -0.3 is 14.6 Å². The highest BCUT2D eigenvalue weighted by Crippen LogP contribution is 2.18. The standard InChI is InChI=1S/C10H17NO4/c12-10(13)9-7-15-5-3-11(9)8-2-1-4-14-6-8/h8-9H,1-7H2,(H,12,13). The van der Waals surface area contributed by atoms with Gasteiger partial charge in [-0.25, -0.2) is 0 Å². The van der Waals surface area contributed by atoms with E-state index in [2.05, 4.69) is 0 Å². The van der Waals surface area contributed by atoms with E-state index in [1.807, 2.05) is 4.90 Å². The van der Waals surface area contributed by atoms with Gasteiger partial charge in [-0.2, -0.15) is 0 Å². The van der Waals surface area contributed by atoms with Crippen molar-refractivity contribution in [3.05, 3.63) is 0 Å². The van der Waals surface area contributed by atoms with Crippen molar-refractivity contribution in [2.24, 2.45) is 0 Å². The van der Waals surface area contributed by atoms with Crippen LogP contribution in [0.15, 0.2) is 0 Å². The summed E-state index contributed by atoms with van der Waals surface area (Å²) in [6.45, 7) is 3.08. The molecule has 0 spiro atoms. The molecule has 0 saturated carbocycles. The zero-order valence-electron chi connectivity index (χ0n) is 8.72. The molecule has 0 aromatic rings. The van der Waals surface area contributed by atoms with Crippen molar-refractivity contribution < 1.29 is 19.4 Å². The Morgan fingerprint density at radius 1 is 1.27 bits per heavy atom. The second kappa shape index (κ2) is 4.92. The maximum Gasteiger partial charge on any atom is 0.323 e. The van der Waals surface area contributed by atoms with Gasteiger partial charge >= 0.3 is 5.97 Å². The van der Waals surface area contributed by atoms with E-state index in [0.717, 1.165) is 19.4 Å². The molecule has 15 heavy (non-hydrogen) atoms. The van der Waals surface area contributed by atoms with Crippen LogP contribution in [-0.4, -0.2) is 61.0 Å². The van der Waals surface area contributed by atoms with E-state index < -0.39 is 12.0 Å². The molecule has 0 amide bonds. The van der Waals surface area contributed by atoms with E-state index in [4.69, 9.17) is 14.6 Å². The maximum atomic E-state index is 11.0. The second-order valence-corrected chi connectivity index (χ2v) is 4.04. The van der Waals surface area contributed by atoms with Crippen LogP contribution in [0.25, 0.3) is 0 Å². The number of carbonyl (C=O) groups is 1. The first-order chi connectivity index (χ1) is 7.29. The van der Waals surface area contributed by atoms with E-state index in [1.165, 1.54) is 0 Å². The summed E-state index contributed by atoms with van der Waals surface area (Å²) < 4.78 is 10.6. The van der Waals surface area contributed by atoms with Gasteiger partial charge in [-0.15, -0.1) is 0 Å². The molecule has 86 valence electrons. The number of nitrogens with zero attached hydrogens (tertiary/aromatic N) is 1. The number of aliphatic carboxylic acids is 1. The first-order valence-electron chi connectivity index (χ1n) is 5.43. The summed E-state index contributed by atoms with van der Waals surface area (Å²) in [6.07, 6.45) is 2.05. The lowest BCUT2D eigenvalue weighted by Crippen LogP contribution is -2.56. The lowest BCUT2D eigenvalue weighted by atomic mass is 10.1. The minimum absolute atomic E-state index is 0.253. The number of hydrogen-bond acceptors (Lipinski definition) is 4. The fraction of sp³-hybridized carbons (Fsp3) is 0.900. The average molecular weight is 215 g/mol. The molecule has 0 aliphatic carbocycles. The van der Waals surface area contributed by atoms with Gasteiger partial charge in [-0.1, -0.05) is 0 Å². The van der Waals surface area contributed by atoms with Crippen molar-refractivity contribution in [2.75, 3.05) is 33.0 Å². The Morgan fingerprint density at radius 2 is 2.07 bits per heavy atom. The fourth-order valence-electron chi connectivity index (χ4n) is 2.25. The second-order valence-electron chi connectivity index (χ2n) is 4.04.